The van der Waals surface area contributed by atoms with Gasteiger partial charge in [-0.25, -0.2) is 4.98 Å². The molecule has 0 bridgehead atoms. The lowest BCUT2D eigenvalue weighted by Crippen LogP contribution is -2.64. The summed E-state index contributed by atoms with van der Waals surface area (Å²) in [6.07, 6.45) is 3.05. The Morgan fingerprint density at radius 3 is 2.43 bits per heavy atom. The number of carbonyl (C=O) groups is 2. The van der Waals surface area contributed by atoms with Crippen LogP contribution in [0, 0.1) is 6.92 Å². The fourth-order valence-electron chi connectivity index (χ4n) is 3.81. The van der Waals surface area contributed by atoms with Crippen LogP contribution in [0.2, 0.25) is 0 Å². The molecule has 2 fully saturated rings. The lowest BCUT2D eigenvalue weighted by Gasteiger charge is -2.48. The molecule has 3 heterocycles. The van der Waals surface area contributed by atoms with Crippen LogP contribution >= 0.6 is 11.3 Å². The monoisotopic (exact) mass is 398 g/mol. The Morgan fingerprint density at radius 1 is 1.07 bits per heavy atom. The van der Waals surface area contributed by atoms with Crippen LogP contribution in [0.5, 0.6) is 0 Å². The maximum absolute atomic E-state index is 12.4. The molecule has 0 atom stereocenters. The molecule has 2 saturated heterocycles. The number of amides is 2. The van der Waals surface area contributed by atoms with Crippen molar-refractivity contribution in [1.29, 1.82) is 0 Å². The number of thiazole rings is 1. The first-order chi connectivity index (χ1) is 13.6. The van der Waals surface area contributed by atoms with E-state index in [1.807, 2.05) is 15.2 Å². The first-order valence-electron chi connectivity index (χ1n) is 9.86. The summed E-state index contributed by atoms with van der Waals surface area (Å²) in [5, 5.41) is 2.41. The second kappa shape index (κ2) is 8.41. The molecule has 0 radical (unpaired) electrons. The number of aryl methyl sites for hydroxylation is 2. The van der Waals surface area contributed by atoms with Gasteiger partial charge in [-0.2, -0.15) is 0 Å². The maximum Gasteiger partial charge on any atom is 0.282 e. The largest absolute Gasteiger partial charge is 0.339 e. The summed E-state index contributed by atoms with van der Waals surface area (Å²) in [5.41, 5.74) is 2.46. The average molecular weight is 399 g/mol. The zero-order chi connectivity index (χ0) is 19.5. The van der Waals surface area contributed by atoms with E-state index in [-0.39, 0.29) is 11.8 Å². The van der Waals surface area contributed by atoms with Gasteiger partial charge in [0.05, 0.1) is 0 Å². The van der Waals surface area contributed by atoms with Gasteiger partial charge in [-0.1, -0.05) is 29.8 Å². The highest BCUT2D eigenvalue weighted by atomic mass is 32.1. The van der Waals surface area contributed by atoms with Crippen molar-refractivity contribution in [3.8, 4) is 0 Å². The van der Waals surface area contributed by atoms with Gasteiger partial charge < -0.3 is 9.80 Å². The summed E-state index contributed by atoms with van der Waals surface area (Å²) < 4.78 is 0. The Hall–Kier alpha value is -2.25. The molecule has 2 aliphatic heterocycles. The molecule has 6 nitrogen and oxygen atoms in total. The summed E-state index contributed by atoms with van der Waals surface area (Å²) >= 11 is 1.39. The summed E-state index contributed by atoms with van der Waals surface area (Å²) in [7, 11) is 0. The summed E-state index contributed by atoms with van der Waals surface area (Å²) in [6.45, 7) is 6.90. The van der Waals surface area contributed by atoms with Crippen LogP contribution in [0.1, 0.15) is 27.3 Å². The molecule has 2 aliphatic rings. The number of benzene rings is 1. The van der Waals surface area contributed by atoms with Gasteiger partial charge in [-0.3, -0.25) is 14.5 Å². The van der Waals surface area contributed by atoms with Gasteiger partial charge in [0, 0.05) is 63.3 Å². The standard InChI is InChI=1S/C21H26N4O2S/c1-16-2-4-17(5-3-16)6-7-19(26)25-14-18(15-25)23-9-11-24(12-10-23)21(27)20-22-8-13-28-20/h2-5,8,13,18H,6-7,9-12,14-15H2,1H3. The van der Waals surface area contributed by atoms with Crippen molar-refractivity contribution in [3.63, 3.8) is 0 Å². The maximum atomic E-state index is 12.4. The topological polar surface area (TPSA) is 56.8 Å². The predicted octanol–water partition coefficient (Wildman–Crippen LogP) is 2.05. The number of piperazine rings is 1. The van der Waals surface area contributed by atoms with Crippen molar-refractivity contribution in [2.75, 3.05) is 39.3 Å². The summed E-state index contributed by atoms with van der Waals surface area (Å²) in [6, 6.07) is 8.83. The predicted molar refractivity (Wildman–Crippen MR) is 109 cm³/mol. The van der Waals surface area contributed by atoms with Crippen molar-refractivity contribution < 1.29 is 9.59 Å². The lowest BCUT2D eigenvalue weighted by molar-refractivity contribution is -0.139. The highest BCUT2D eigenvalue weighted by molar-refractivity contribution is 7.11. The third kappa shape index (κ3) is 4.25. The second-order valence-corrected chi connectivity index (χ2v) is 8.50. The zero-order valence-corrected chi connectivity index (χ0v) is 17.0. The quantitative estimate of drug-likeness (QED) is 0.774. The van der Waals surface area contributed by atoms with Crippen molar-refractivity contribution >= 4 is 23.2 Å². The van der Waals surface area contributed by atoms with Gasteiger partial charge in [0.2, 0.25) is 5.91 Å². The summed E-state index contributed by atoms with van der Waals surface area (Å²) in [4.78, 5) is 35.2. The SMILES string of the molecule is Cc1ccc(CCC(=O)N2CC(N3CCN(C(=O)c4nccs4)CC3)C2)cc1. The zero-order valence-electron chi connectivity index (χ0n) is 16.2. The number of hydrogen-bond acceptors (Lipinski definition) is 5. The number of carbonyl (C=O) groups excluding carboxylic acids is 2. The van der Waals surface area contributed by atoms with Gasteiger partial charge in [-0.15, -0.1) is 11.3 Å². The van der Waals surface area contributed by atoms with Crippen LogP contribution in [0.25, 0.3) is 0 Å². The van der Waals surface area contributed by atoms with Crippen LogP contribution in [0.15, 0.2) is 35.8 Å². The normalized spacial score (nSPS) is 18.2. The van der Waals surface area contributed by atoms with E-state index in [0.717, 1.165) is 45.7 Å². The van der Waals surface area contributed by atoms with E-state index in [9.17, 15) is 9.59 Å². The van der Waals surface area contributed by atoms with Crippen LogP contribution < -0.4 is 0 Å². The summed E-state index contributed by atoms with van der Waals surface area (Å²) in [5.74, 6) is 0.283. The Bertz CT molecular complexity index is 807. The molecule has 148 valence electrons. The van der Waals surface area contributed by atoms with Crippen LogP contribution in [-0.2, 0) is 11.2 Å². The third-order valence-electron chi connectivity index (χ3n) is 5.70. The molecule has 0 spiro atoms. The Morgan fingerprint density at radius 2 is 1.79 bits per heavy atom. The minimum atomic E-state index is 0.0381. The molecule has 7 heteroatoms. The Labute approximate surface area is 169 Å². The fraction of sp³-hybridized carbons (Fsp3) is 0.476. The van der Waals surface area contributed by atoms with Crippen molar-refractivity contribution in [1.82, 2.24) is 19.7 Å². The van der Waals surface area contributed by atoms with E-state index >= 15 is 0 Å². The van der Waals surface area contributed by atoms with E-state index in [1.54, 1.807) is 6.20 Å². The van der Waals surface area contributed by atoms with Gasteiger partial charge in [0.25, 0.3) is 5.91 Å². The first kappa shape index (κ1) is 19.1. The molecule has 0 N–H and O–H groups in total. The Balaban J connectivity index is 1.18. The molecular weight excluding hydrogens is 372 g/mol. The molecule has 28 heavy (non-hydrogen) atoms. The van der Waals surface area contributed by atoms with E-state index in [1.165, 1.54) is 22.5 Å². The Kier molecular flexibility index (Phi) is 5.73. The first-order valence-corrected chi connectivity index (χ1v) is 10.7. The van der Waals surface area contributed by atoms with Crippen molar-refractivity contribution in [2.45, 2.75) is 25.8 Å². The molecule has 2 aromatic rings. The van der Waals surface area contributed by atoms with E-state index in [2.05, 4.69) is 41.1 Å². The van der Waals surface area contributed by atoms with E-state index in [0.29, 0.717) is 17.5 Å². The lowest BCUT2D eigenvalue weighted by atomic mass is 10.0. The molecule has 0 saturated carbocycles. The second-order valence-electron chi connectivity index (χ2n) is 7.60. The molecule has 1 aromatic heterocycles. The molecule has 2 amide bonds. The van der Waals surface area contributed by atoms with Crippen molar-refractivity contribution in [2.24, 2.45) is 0 Å². The van der Waals surface area contributed by atoms with Crippen LogP contribution in [-0.4, -0.2) is 76.8 Å². The average Bonchev–Trinajstić information content (AvgIpc) is 3.21. The van der Waals surface area contributed by atoms with Crippen LogP contribution in [0.3, 0.4) is 0 Å². The highest BCUT2D eigenvalue weighted by Crippen LogP contribution is 2.20. The number of aromatic nitrogens is 1. The fourth-order valence-corrected chi connectivity index (χ4v) is 4.41. The molecule has 0 aliphatic carbocycles. The smallest absolute Gasteiger partial charge is 0.282 e. The third-order valence-corrected chi connectivity index (χ3v) is 6.46. The van der Waals surface area contributed by atoms with E-state index in [4.69, 9.17) is 0 Å². The van der Waals surface area contributed by atoms with Crippen molar-refractivity contribution in [3.05, 3.63) is 52.0 Å². The van der Waals surface area contributed by atoms with Gasteiger partial charge in [-0.05, 0) is 18.9 Å². The molecule has 4 rings (SSSR count). The number of hydrogen-bond donors (Lipinski definition) is 0. The number of likely N-dealkylation sites (tertiary alicyclic amines) is 1. The number of nitrogens with zero attached hydrogens (tertiary/aromatic N) is 4. The molecular formula is C21H26N4O2S. The van der Waals surface area contributed by atoms with Crippen LogP contribution in [0.4, 0.5) is 0 Å². The van der Waals surface area contributed by atoms with Gasteiger partial charge in [0.1, 0.15) is 0 Å². The minimum Gasteiger partial charge on any atom is -0.339 e. The molecule has 0 unspecified atom stereocenters. The number of rotatable bonds is 5. The molecule has 1 aromatic carbocycles. The van der Waals surface area contributed by atoms with E-state index < -0.39 is 0 Å². The highest BCUT2D eigenvalue weighted by Gasteiger charge is 2.36. The van der Waals surface area contributed by atoms with Gasteiger partial charge >= 0.3 is 0 Å². The van der Waals surface area contributed by atoms with Gasteiger partial charge in [0.15, 0.2) is 5.01 Å². The minimum absolute atomic E-state index is 0.0381.